The smallest absolute Gasteiger partial charge is 0.410 e. The topological polar surface area (TPSA) is 72.0 Å². The van der Waals surface area contributed by atoms with E-state index in [-0.39, 0.29) is 12.0 Å². The third kappa shape index (κ3) is 4.37. The first-order chi connectivity index (χ1) is 13.9. The van der Waals surface area contributed by atoms with E-state index in [2.05, 4.69) is 20.9 Å². The van der Waals surface area contributed by atoms with Gasteiger partial charge in [-0.25, -0.2) is 9.78 Å². The highest BCUT2D eigenvalue weighted by molar-refractivity contribution is 9.10. The molecule has 4 rings (SSSR count). The average Bonchev–Trinajstić information content (AvgIpc) is 3.01. The van der Waals surface area contributed by atoms with Crippen LogP contribution in [0.15, 0.2) is 47.1 Å². The minimum absolute atomic E-state index is 0.0653. The van der Waals surface area contributed by atoms with E-state index in [1.165, 1.54) is 0 Å². The largest absolute Gasteiger partial charge is 0.473 e. The van der Waals surface area contributed by atoms with Gasteiger partial charge < -0.3 is 19.3 Å². The molecule has 0 aliphatic carbocycles. The molecule has 2 amide bonds. The van der Waals surface area contributed by atoms with Gasteiger partial charge in [0, 0.05) is 49.7 Å². The average molecular weight is 460 g/mol. The summed E-state index contributed by atoms with van der Waals surface area (Å²) in [6, 6.07) is 11.3. The number of pyridine rings is 1. The van der Waals surface area contributed by atoms with Gasteiger partial charge in [0.15, 0.2) is 0 Å². The summed E-state index contributed by atoms with van der Waals surface area (Å²) in [4.78, 5) is 32.1. The molecule has 1 spiro atoms. The minimum Gasteiger partial charge on any atom is -0.473 e. The zero-order valence-corrected chi connectivity index (χ0v) is 17.7. The van der Waals surface area contributed by atoms with Crippen molar-refractivity contribution >= 4 is 27.9 Å². The van der Waals surface area contributed by atoms with Crippen LogP contribution in [0.2, 0.25) is 0 Å². The zero-order chi connectivity index (χ0) is 20.4. The Balaban J connectivity index is 1.31. The van der Waals surface area contributed by atoms with Gasteiger partial charge >= 0.3 is 6.09 Å². The van der Waals surface area contributed by atoms with Gasteiger partial charge in [0.25, 0.3) is 5.91 Å². The zero-order valence-electron chi connectivity index (χ0n) is 16.1. The van der Waals surface area contributed by atoms with Crippen LogP contribution in [-0.2, 0) is 11.3 Å². The maximum Gasteiger partial charge on any atom is 0.410 e. The Labute approximate surface area is 177 Å². The Bertz CT molecular complexity index is 893. The Hall–Kier alpha value is -2.61. The van der Waals surface area contributed by atoms with Crippen LogP contribution >= 0.6 is 15.9 Å². The van der Waals surface area contributed by atoms with Crippen LogP contribution in [-0.4, -0.2) is 59.1 Å². The number of halogens is 1. The van der Waals surface area contributed by atoms with Crippen molar-refractivity contribution in [1.29, 1.82) is 0 Å². The highest BCUT2D eigenvalue weighted by Gasteiger charge is 2.46. The van der Waals surface area contributed by atoms with Gasteiger partial charge in [-0.1, -0.05) is 28.1 Å². The van der Waals surface area contributed by atoms with E-state index in [0.717, 1.165) is 10.0 Å². The number of amides is 2. The molecule has 2 aliphatic heterocycles. The molecule has 0 saturated carbocycles. The summed E-state index contributed by atoms with van der Waals surface area (Å²) in [7, 11) is 1.74. The lowest BCUT2D eigenvalue weighted by Gasteiger charge is -2.37. The van der Waals surface area contributed by atoms with Crippen molar-refractivity contribution in [3.05, 3.63) is 58.2 Å². The van der Waals surface area contributed by atoms with E-state index >= 15 is 0 Å². The molecule has 3 heterocycles. The molecule has 0 radical (unpaired) electrons. The molecule has 2 saturated heterocycles. The van der Waals surface area contributed by atoms with Gasteiger partial charge in [0.05, 0.1) is 12.1 Å². The van der Waals surface area contributed by atoms with Crippen molar-refractivity contribution < 1.29 is 19.1 Å². The molecule has 2 aromatic rings. The van der Waals surface area contributed by atoms with Gasteiger partial charge in [-0.15, -0.1) is 0 Å². The molecule has 0 atom stereocenters. The second kappa shape index (κ2) is 8.02. The molecule has 0 bridgehead atoms. The number of likely N-dealkylation sites (tertiary alicyclic amines) is 1. The number of piperidine rings is 1. The fourth-order valence-corrected chi connectivity index (χ4v) is 3.95. The van der Waals surface area contributed by atoms with Gasteiger partial charge in [-0.3, -0.25) is 4.79 Å². The van der Waals surface area contributed by atoms with Crippen molar-refractivity contribution in [1.82, 2.24) is 14.8 Å². The molecular weight excluding hydrogens is 438 g/mol. The summed E-state index contributed by atoms with van der Waals surface area (Å²) in [6.45, 7) is 2.11. The maximum absolute atomic E-state index is 12.8. The number of carbonyl (C=O) groups is 2. The fourth-order valence-electron chi connectivity index (χ4n) is 3.68. The van der Waals surface area contributed by atoms with Crippen molar-refractivity contribution in [3.63, 3.8) is 0 Å². The van der Waals surface area contributed by atoms with Crippen LogP contribution in [0.1, 0.15) is 28.8 Å². The van der Waals surface area contributed by atoms with Crippen molar-refractivity contribution in [2.45, 2.75) is 25.0 Å². The predicted molar refractivity (Wildman–Crippen MR) is 110 cm³/mol. The van der Waals surface area contributed by atoms with Crippen molar-refractivity contribution in [2.24, 2.45) is 0 Å². The van der Waals surface area contributed by atoms with Crippen LogP contribution < -0.4 is 4.74 Å². The molecule has 8 heteroatoms. The molecule has 2 fully saturated rings. The third-order valence-electron chi connectivity index (χ3n) is 5.39. The van der Waals surface area contributed by atoms with E-state index in [4.69, 9.17) is 9.47 Å². The van der Waals surface area contributed by atoms with Crippen LogP contribution in [0.4, 0.5) is 4.79 Å². The standard InChI is InChI=1S/C21H22BrN3O4/c1-24-14-21(29-20(24)27)8-10-25(11-9-21)19(26)16-4-7-18(23-12-16)28-13-15-2-5-17(22)6-3-15/h2-7,12H,8-11,13-14H2,1H3. The van der Waals surface area contributed by atoms with E-state index in [9.17, 15) is 9.59 Å². The predicted octanol–water partition coefficient (Wildman–Crippen LogP) is 3.48. The molecule has 152 valence electrons. The molecule has 1 aromatic carbocycles. The quantitative estimate of drug-likeness (QED) is 0.699. The fraction of sp³-hybridized carbons (Fsp3) is 0.381. The Morgan fingerprint density at radius 1 is 1.21 bits per heavy atom. The molecule has 29 heavy (non-hydrogen) atoms. The van der Waals surface area contributed by atoms with Gasteiger partial charge in [0.1, 0.15) is 12.2 Å². The minimum atomic E-state index is -0.453. The van der Waals surface area contributed by atoms with Crippen LogP contribution in [0.25, 0.3) is 0 Å². The second-order valence-corrected chi connectivity index (χ2v) is 8.42. The van der Waals surface area contributed by atoms with Gasteiger partial charge in [0.2, 0.25) is 5.88 Å². The molecular formula is C21H22BrN3O4. The lowest BCUT2D eigenvalue weighted by atomic mass is 9.91. The first-order valence-corrected chi connectivity index (χ1v) is 10.3. The van der Waals surface area contributed by atoms with E-state index in [1.54, 1.807) is 35.2 Å². The molecule has 0 unspecified atom stereocenters. The van der Waals surface area contributed by atoms with Crippen LogP contribution in [0.5, 0.6) is 5.88 Å². The van der Waals surface area contributed by atoms with Crippen molar-refractivity contribution in [3.8, 4) is 5.88 Å². The number of hydrogen-bond acceptors (Lipinski definition) is 5. The lowest BCUT2D eigenvalue weighted by Crippen LogP contribution is -2.48. The van der Waals surface area contributed by atoms with Gasteiger partial charge in [-0.05, 0) is 23.8 Å². The number of benzene rings is 1. The van der Waals surface area contributed by atoms with E-state index in [1.807, 2.05) is 24.3 Å². The Morgan fingerprint density at radius 3 is 2.52 bits per heavy atom. The highest BCUT2D eigenvalue weighted by atomic mass is 79.9. The van der Waals surface area contributed by atoms with Crippen LogP contribution in [0.3, 0.4) is 0 Å². The summed E-state index contributed by atoms with van der Waals surface area (Å²) >= 11 is 3.41. The third-order valence-corrected chi connectivity index (χ3v) is 5.91. The molecule has 0 N–H and O–H groups in total. The normalized spacial score (nSPS) is 18.1. The monoisotopic (exact) mass is 459 g/mol. The lowest BCUT2D eigenvalue weighted by molar-refractivity contribution is 0.00316. The summed E-state index contributed by atoms with van der Waals surface area (Å²) in [5.41, 5.74) is 1.11. The molecule has 1 aromatic heterocycles. The number of hydrogen-bond donors (Lipinski definition) is 0. The Morgan fingerprint density at radius 2 is 1.93 bits per heavy atom. The number of nitrogens with zero attached hydrogens (tertiary/aromatic N) is 3. The van der Waals surface area contributed by atoms with Crippen molar-refractivity contribution in [2.75, 3.05) is 26.7 Å². The van der Waals surface area contributed by atoms with E-state index in [0.29, 0.717) is 50.5 Å². The number of likely N-dealkylation sites (N-methyl/N-ethyl adjacent to an activating group) is 1. The number of rotatable bonds is 4. The number of carbonyl (C=O) groups excluding carboxylic acids is 2. The van der Waals surface area contributed by atoms with Gasteiger partial charge in [-0.2, -0.15) is 0 Å². The number of ether oxygens (including phenoxy) is 2. The summed E-state index contributed by atoms with van der Waals surface area (Å²) < 4.78 is 12.2. The second-order valence-electron chi connectivity index (χ2n) is 7.50. The first-order valence-electron chi connectivity index (χ1n) is 9.51. The number of aromatic nitrogens is 1. The van der Waals surface area contributed by atoms with Crippen LogP contribution in [0, 0.1) is 0 Å². The highest BCUT2D eigenvalue weighted by Crippen LogP contribution is 2.33. The molecule has 7 nitrogen and oxygen atoms in total. The summed E-state index contributed by atoms with van der Waals surface area (Å²) in [6.07, 6.45) is 2.56. The summed E-state index contributed by atoms with van der Waals surface area (Å²) in [5.74, 6) is 0.410. The molecule has 2 aliphatic rings. The van der Waals surface area contributed by atoms with E-state index < -0.39 is 5.60 Å². The Kier molecular flexibility index (Phi) is 5.45. The summed E-state index contributed by atoms with van der Waals surface area (Å²) in [5, 5.41) is 0. The maximum atomic E-state index is 12.8. The SMILES string of the molecule is CN1CC2(CCN(C(=O)c3ccc(OCc4ccc(Br)cc4)nc3)CC2)OC1=O. The first kappa shape index (κ1) is 19.7.